The molecule has 2 rings (SSSR count). The van der Waals surface area contributed by atoms with Crippen molar-refractivity contribution in [3.8, 4) is 5.75 Å². The second kappa shape index (κ2) is 5.34. The summed E-state index contributed by atoms with van der Waals surface area (Å²) in [4.78, 5) is 1.17. The number of thiophene rings is 1. The van der Waals surface area contributed by atoms with Gasteiger partial charge in [0.05, 0.1) is 0 Å². The Hall–Kier alpha value is -1.32. The van der Waals surface area contributed by atoms with E-state index in [-0.39, 0.29) is 6.10 Å². The molecule has 0 fully saturated rings. The molecular formula is C14H17NOS. The Bertz CT molecular complexity index is 479. The smallest absolute Gasteiger partial charge is 0.145 e. The van der Waals surface area contributed by atoms with Gasteiger partial charge in [0.2, 0.25) is 0 Å². The second-order valence-electron chi connectivity index (χ2n) is 4.10. The van der Waals surface area contributed by atoms with Gasteiger partial charge in [-0.25, -0.2) is 0 Å². The molecule has 1 unspecified atom stereocenters. The van der Waals surface area contributed by atoms with Crippen LogP contribution in [0.4, 0.5) is 0 Å². The SMILES string of the molecule is Cc1ccc(OC(CN)c2cccs2)cc1C. The predicted octanol–water partition coefficient (Wildman–Crippen LogP) is 3.44. The minimum absolute atomic E-state index is 0.0443. The summed E-state index contributed by atoms with van der Waals surface area (Å²) >= 11 is 1.68. The van der Waals surface area contributed by atoms with Crippen molar-refractivity contribution in [3.63, 3.8) is 0 Å². The molecule has 3 heteroatoms. The van der Waals surface area contributed by atoms with Crippen LogP contribution in [0.15, 0.2) is 35.7 Å². The molecule has 1 heterocycles. The Labute approximate surface area is 106 Å². The maximum atomic E-state index is 5.93. The van der Waals surface area contributed by atoms with Gasteiger partial charge < -0.3 is 10.5 Å². The standard InChI is InChI=1S/C14H17NOS/c1-10-5-6-12(8-11(10)2)16-13(9-15)14-4-3-7-17-14/h3-8,13H,9,15H2,1-2H3. The number of ether oxygens (including phenoxy) is 1. The van der Waals surface area contributed by atoms with Gasteiger partial charge in [-0.15, -0.1) is 11.3 Å². The van der Waals surface area contributed by atoms with Crippen LogP contribution in [0.1, 0.15) is 22.1 Å². The van der Waals surface area contributed by atoms with Crippen LogP contribution in [0.5, 0.6) is 5.75 Å². The van der Waals surface area contributed by atoms with Crippen molar-refractivity contribution in [1.29, 1.82) is 0 Å². The van der Waals surface area contributed by atoms with Crippen molar-refractivity contribution in [1.82, 2.24) is 0 Å². The van der Waals surface area contributed by atoms with Crippen molar-refractivity contribution in [3.05, 3.63) is 51.7 Å². The number of aryl methyl sites for hydroxylation is 2. The molecule has 2 aromatic rings. The largest absolute Gasteiger partial charge is 0.484 e. The molecule has 0 aliphatic heterocycles. The molecule has 0 amide bonds. The first-order valence-corrected chi connectivity index (χ1v) is 6.56. The fraction of sp³-hybridized carbons (Fsp3) is 0.286. The third kappa shape index (κ3) is 2.87. The second-order valence-corrected chi connectivity index (χ2v) is 5.08. The first-order valence-electron chi connectivity index (χ1n) is 5.68. The predicted molar refractivity (Wildman–Crippen MR) is 72.7 cm³/mol. The lowest BCUT2D eigenvalue weighted by molar-refractivity contribution is 0.218. The number of hydrogen-bond donors (Lipinski definition) is 1. The van der Waals surface area contributed by atoms with E-state index in [1.165, 1.54) is 16.0 Å². The molecule has 2 N–H and O–H groups in total. The zero-order valence-corrected chi connectivity index (χ0v) is 11.0. The molecule has 90 valence electrons. The molecule has 17 heavy (non-hydrogen) atoms. The number of rotatable bonds is 4. The van der Waals surface area contributed by atoms with E-state index in [1.807, 2.05) is 17.5 Å². The molecule has 0 radical (unpaired) electrons. The molecule has 1 atom stereocenters. The lowest BCUT2D eigenvalue weighted by Gasteiger charge is -2.16. The first kappa shape index (κ1) is 12.1. The molecule has 0 spiro atoms. The molecule has 0 aliphatic rings. The van der Waals surface area contributed by atoms with Crippen molar-refractivity contribution < 1.29 is 4.74 Å². The first-order chi connectivity index (χ1) is 8.20. The maximum absolute atomic E-state index is 5.93. The minimum atomic E-state index is -0.0443. The Morgan fingerprint density at radius 2 is 2.06 bits per heavy atom. The Kier molecular flexibility index (Phi) is 3.82. The van der Waals surface area contributed by atoms with Crippen molar-refractivity contribution in [2.24, 2.45) is 5.73 Å². The van der Waals surface area contributed by atoms with Crippen molar-refractivity contribution in [2.75, 3.05) is 6.54 Å². The third-order valence-corrected chi connectivity index (χ3v) is 3.80. The van der Waals surface area contributed by atoms with E-state index in [4.69, 9.17) is 10.5 Å². The Morgan fingerprint density at radius 1 is 1.24 bits per heavy atom. The van der Waals surface area contributed by atoms with E-state index in [1.54, 1.807) is 11.3 Å². The van der Waals surface area contributed by atoms with Gasteiger partial charge in [-0.1, -0.05) is 12.1 Å². The molecule has 1 aromatic carbocycles. The van der Waals surface area contributed by atoms with E-state index in [2.05, 4.69) is 32.0 Å². The van der Waals surface area contributed by atoms with Gasteiger partial charge in [-0.3, -0.25) is 0 Å². The quantitative estimate of drug-likeness (QED) is 0.898. The van der Waals surface area contributed by atoms with Crippen LogP contribution in [-0.2, 0) is 0 Å². The van der Waals surface area contributed by atoms with Gasteiger partial charge in [0.25, 0.3) is 0 Å². The zero-order valence-electron chi connectivity index (χ0n) is 10.1. The summed E-state index contributed by atoms with van der Waals surface area (Å²) in [5.74, 6) is 0.886. The molecule has 0 aliphatic carbocycles. The van der Waals surface area contributed by atoms with Crippen LogP contribution < -0.4 is 10.5 Å². The van der Waals surface area contributed by atoms with Gasteiger partial charge in [0.1, 0.15) is 11.9 Å². The molecule has 0 saturated heterocycles. The molecule has 2 nitrogen and oxygen atoms in total. The van der Waals surface area contributed by atoms with Crippen LogP contribution in [0.3, 0.4) is 0 Å². The average Bonchev–Trinajstić information content (AvgIpc) is 2.84. The molecule has 0 saturated carbocycles. The highest BCUT2D eigenvalue weighted by molar-refractivity contribution is 7.10. The molecule has 0 bridgehead atoms. The normalized spacial score (nSPS) is 12.4. The summed E-state index contributed by atoms with van der Waals surface area (Å²) in [5.41, 5.74) is 8.28. The van der Waals surface area contributed by atoms with Gasteiger partial charge in [-0.2, -0.15) is 0 Å². The molecule has 1 aromatic heterocycles. The lowest BCUT2D eigenvalue weighted by Crippen LogP contribution is -2.17. The summed E-state index contributed by atoms with van der Waals surface area (Å²) in [6, 6.07) is 10.2. The molecular weight excluding hydrogens is 230 g/mol. The highest BCUT2D eigenvalue weighted by Crippen LogP contribution is 2.25. The van der Waals surface area contributed by atoms with Crippen molar-refractivity contribution >= 4 is 11.3 Å². The lowest BCUT2D eigenvalue weighted by atomic mass is 10.1. The van der Waals surface area contributed by atoms with Crippen molar-refractivity contribution in [2.45, 2.75) is 20.0 Å². The number of nitrogens with two attached hydrogens (primary N) is 1. The third-order valence-electron chi connectivity index (χ3n) is 2.83. The van der Waals surface area contributed by atoms with Gasteiger partial charge >= 0.3 is 0 Å². The average molecular weight is 247 g/mol. The highest BCUT2D eigenvalue weighted by Gasteiger charge is 2.12. The van der Waals surface area contributed by atoms with Gasteiger partial charge in [0, 0.05) is 11.4 Å². The number of benzene rings is 1. The van der Waals surface area contributed by atoms with Crippen LogP contribution >= 0.6 is 11.3 Å². The van der Waals surface area contributed by atoms with Crippen LogP contribution in [0.2, 0.25) is 0 Å². The van der Waals surface area contributed by atoms with E-state index in [9.17, 15) is 0 Å². The van der Waals surface area contributed by atoms with Crippen LogP contribution in [0.25, 0.3) is 0 Å². The fourth-order valence-corrected chi connectivity index (χ4v) is 2.42. The van der Waals surface area contributed by atoms with Crippen LogP contribution in [0, 0.1) is 13.8 Å². The maximum Gasteiger partial charge on any atom is 0.145 e. The summed E-state index contributed by atoms with van der Waals surface area (Å²) in [5, 5.41) is 2.04. The summed E-state index contributed by atoms with van der Waals surface area (Å²) in [7, 11) is 0. The Morgan fingerprint density at radius 3 is 2.65 bits per heavy atom. The monoisotopic (exact) mass is 247 g/mol. The van der Waals surface area contributed by atoms with E-state index in [0.29, 0.717) is 6.54 Å². The van der Waals surface area contributed by atoms with Crippen LogP contribution in [-0.4, -0.2) is 6.54 Å². The Balaban J connectivity index is 2.16. The minimum Gasteiger partial charge on any atom is -0.484 e. The van der Waals surface area contributed by atoms with E-state index in [0.717, 1.165) is 5.75 Å². The highest BCUT2D eigenvalue weighted by atomic mass is 32.1. The van der Waals surface area contributed by atoms with E-state index < -0.39 is 0 Å². The van der Waals surface area contributed by atoms with Gasteiger partial charge in [0.15, 0.2) is 0 Å². The summed E-state index contributed by atoms with van der Waals surface area (Å²) in [6.45, 7) is 4.68. The van der Waals surface area contributed by atoms with E-state index >= 15 is 0 Å². The number of hydrogen-bond acceptors (Lipinski definition) is 3. The summed E-state index contributed by atoms with van der Waals surface area (Å²) in [6.07, 6.45) is -0.0443. The van der Waals surface area contributed by atoms with Gasteiger partial charge in [-0.05, 0) is 48.6 Å². The zero-order chi connectivity index (χ0) is 12.3. The topological polar surface area (TPSA) is 35.2 Å². The fourth-order valence-electron chi connectivity index (χ4n) is 1.65. The summed E-state index contributed by atoms with van der Waals surface area (Å²) < 4.78 is 5.93.